The van der Waals surface area contributed by atoms with Gasteiger partial charge in [-0.2, -0.15) is 4.98 Å². The van der Waals surface area contributed by atoms with Crippen LogP contribution in [0.2, 0.25) is 5.02 Å². The molecule has 1 unspecified atom stereocenters. The van der Waals surface area contributed by atoms with Gasteiger partial charge in [-0.05, 0) is 42.7 Å². The Morgan fingerprint density at radius 3 is 2.54 bits per heavy atom. The lowest BCUT2D eigenvalue weighted by molar-refractivity contribution is -0.125. The summed E-state index contributed by atoms with van der Waals surface area (Å²) in [6.45, 7) is 0. The molecule has 1 aromatic heterocycles. The highest BCUT2D eigenvalue weighted by atomic mass is 35.5. The van der Waals surface area contributed by atoms with Crippen LogP contribution in [0.15, 0.2) is 59.1 Å². The molecule has 1 saturated carbocycles. The maximum absolute atomic E-state index is 12.7. The second-order valence-corrected chi connectivity index (χ2v) is 7.63. The van der Waals surface area contributed by atoms with Gasteiger partial charge >= 0.3 is 0 Å². The Balaban J connectivity index is 1.57. The molecule has 0 radical (unpaired) electrons. The Labute approximate surface area is 169 Å². The first-order valence-corrected chi connectivity index (χ1v) is 10.0. The fourth-order valence-corrected chi connectivity index (χ4v) is 3.75. The van der Waals surface area contributed by atoms with Gasteiger partial charge in [-0.25, -0.2) is 0 Å². The molecule has 0 spiro atoms. The fourth-order valence-electron chi connectivity index (χ4n) is 3.62. The first-order valence-electron chi connectivity index (χ1n) is 9.63. The Morgan fingerprint density at radius 2 is 1.82 bits per heavy atom. The van der Waals surface area contributed by atoms with Gasteiger partial charge in [0.1, 0.15) is 6.04 Å². The van der Waals surface area contributed by atoms with E-state index in [1.54, 1.807) is 12.1 Å². The maximum atomic E-state index is 12.7. The van der Waals surface area contributed by atoms with E-state index in [0.717, 1.165) is 36.8 Å². The van der Waals surface area contributed by atoms with Crippen LogP contribution in [-0.2, 0) is 11.2 Å². The lowest BCUT2D eigenvalue weighted by Gasteiger charge is -2.18. The maximum Gasteiger partial charge on any atom is 0.249 e. The summed E-state index contributed by atoms with van der Waals surface area (Å²) in [6, 6.07) is 16.9. The Morgan fingerprint density at radius 1 is 1.11 bits per heavy atom. The number of rotatable bonds is 6. The summed E-state index contributed by atoms with van der Waals surface area (Å²) in [5.74, 6) is 1.06. The summed E-state index contributed by atoms with van der Waals surface area (Å²) in [6.07, 6.45) is 4.72. The molecule has 5 nitrogen and oxygen atoms in total. The fraction of sp³-hybridized carbons (Fsp3) is 0.318. The minimum atomic E-state index is -0.357. The van der Waals surface area contributed by atoms with Gasteiger partial charge in [0.05, 0.1) is 0 Å². The zero-order valence-corrected chi connectivity index (χ0v) is 16.2. The molecule has 6 heteroatoms. The number of carbonyl (C=O) groups excluding carboxylic acids is 1. The molecule has 0 saturated heterocycles. The van der Waals surface area contributed by atoms with Crippen molar-refractivity contribution in [1.29, 1.82) is 0 Å². The van der Waals surface area contributed by atoms with E-state index in [1.165, 1.54) is 0 Å². The molecule has 3 aromatic rings. The topological polar surface area (TPSA) is 68.0 Å². The van der Waals surface area contributed by atoms with Gasteiger partial charge in [0.15, 0.2) is 0 Å². The zero-order chi connectivity index (χ0) is 19.3. The van der Waals surface area contributed by atoms with E-state index in [4.69, 9.17) is 16.1 Å². The van der Waals surface area contributed by atoms with E-state index in [2.05, 4.69) is 15.5 Å². The van der Waals surface area contributed by atoms with Gasteiger partial charge in [-0.15, -0.1) is 0 Å². The van der Waals surface area contributed by atoms with Crippen LogP contribution in [0.4, 0.5) is 0 Å². The van der Waals surface area contributed by atoms with Gasteiger partial charge in [0.2, 0.25) is 17.6 Å². The summed E-state index contributed by atoms with van der Waals surface area (Å²) in [5, 5.41) is 7.90. The number of benzene rings is 2. The quantitative estimate of drug-likeness (QED) is 0.639. The Bertz CT molecular complexity index is 918. The van der Waals surface area contributed by atoms with Crippen LogP contribution in [0.5, 0.6) is 0 Å². The normalized spacial score (nSPS) is 15.5. The molecule has 1 heterocycles. The van der Waals surface area contributed by atoms with Crippen LogP contribution < -0.4 is 5.32 Å². The van der Waals surface area contributed by atoms with Crippen molar-refractivity contribution >= 4 is 17.5 Å². The summed E-state index contributed by atoms with van der Waals surface area (Å²) in [4.78, 5) is 17.3. The van der Waals surface area contributed by atoms with Crippen molar-refractivity contribution in [3.63, 3.8) is 0 Å². The molecule has 0 aliphatic heterocycles. The highest BCUT2D eigenvalue weighted by Gasteiger charge is 2.28. The molecule has 1 aliphatic rings. The van der Waals surface area contributed by atoms with Gasteiger partial charge in [-0.3, -0.25) is 4.79 Å². The molecule has 28 heavy (non-hydrogen) atoms. The standard InChI is InChI=1S/C22H22ClN3O2/c23-18-12-10-16(11-13-18)20-25-22(28-26-20)19(14-15-6-2-1-3-7-15)24-21(27)17-8-4-5-9-17/h1-3,6-7,10-13,17,19H,4-5,8-9,14H2,(H,24,27). The summed E-state index contributed by atoms with van der Waals surface area (Å²) >= 11 is 5.95. The molecule has 2 aromatic carbocycles. The molecule has 4 rings (SSSR count). The average Bonchev–Trinajstić information content (AvgIpc) is 3.41. The molecule has 1 fully saturated rings. The van der Waals surface area contributed by atoms with Crippen LogP contribution >= 0.6 is 11.6 Å². The zero-order valence-electron chi connectivity index (χ0n) is 15.5. The van der Waals surface area contributed by atoms with Crippen molar-refractivity contribution in [2.75, 3.05) is 0 Å². The lowest BCUT2D eigenvalue weighted by Crippen LogP contribution is -2.34. The number of carbonyl (C=O) groups is 1. The van der Waals surface area contributed by atoms with Crippen molar-refractivity contribution in [1.82, 2.24) is 15.5 Å². The number of amides is 1. The molecule has 1 aliphatic carbocycles. The average molecular weight is 396 g/mol. The Kier molecular flexibility index (Phi) is 5.72. The van der Waals surface area contributed by atoms with Crippen LogP contribution in [0, 0.1) is 5.92 Å². The molecule has 0 bridgehead atoms. The minimum absolute atomic E-state index is 0.0738. The van der Waals surface area contributed by atoms with Gasteiger partial charge in [0, 0.05) is 22.9 Å². The van der Waals surface area contributed by atoms with Crippen molar-refractivity contribution in [3.8, 4) is 11.4 Å². The second-order valence-electron chi connectivity index (χ2n) is 7.20. The third-order valence-corrected chi connectivity index (χ3v) is 5.42. The molecule has 1 amide bonds. The minimum Gasteiger partial charge on any atom is -0.344 e. The number of nitrogens with one attached hydrogen (secondary N) is 1. The van der Waals surface area contributed by atoms with E-state index in [0.29, 0.717) is 23.2 Å². The van der Waals surface area contributed by atoms with Crippen LogP contribution in [-0.4, -0.2) is 16.0 Å². The smallest absolute Gasteiger partial charge is 0.249 e. The summed E-state index contributed by atoms with van der Waals surface area (Å²) < 4.78 is 5.54. The van der Waals surface area contributed by atoms with Crippen LogP contribution in [0.3, 0.4) is 0 Å². The molecule has 1 N–H and O–H groups in total. The first kappa shape index (κ1) is 18.7. The number of nitrogens with zero attached hydrogens (tertiary/aromatic N) is 2. The summed E-state index contributed by atoms with van der Waals surface area (Å²) in [5.41, 5.74) is 1.92. The van der Waals surface area contributed by atoms with E-state index in [-0.39, 0.29) is 17.9 Å². The first-order chi connectivity index (χ1) is 13.7. The predicted molar refractivity (Wildman–Crippen MR) is 108 cm³/mol. The van der Waals surface area contributed by atoms with E-state index in [9.17, 15) is 4.79 Å². The van der Waals surface area contributed by atoms with E-state index < -0.39 is 0 Å². The highest BCUT2D eigenvalue weighted by molar-refractivity contribution is 6.30. The predicted octanol–water partition coefficient (Wildman–Crippen LogP) is 4.98. The number of hydrogen-bond donors (Lipinski definition) is 1. The number of aromatic nitrogens is 2. The molecular formula is C22H22ClN3O2. The van der Waals surface area contributed by atoms with Crippen LogP contribution in [0.25, 0.3) is 11.4 Å². The molecular weight excluding hydrogens is 374 g/mol. The second kappa shape index (κ2) is 8.57. The van der Waals surface area contributed by atoms with Crippen molar-refractivity contribution in [2.24, 2.45) is 5.92 Å². The highest BCUT2D eigenvalue weighted by Crippen LogP contribution is 2.27. The van der Waals surface area contributed by atoms with E-state index in [1.807, 2.05) is 42.5 Å². The van der Waals surface area contributed by atoms with Gasteiger partial charge < -0.3 is 9.84 Å². The van der Waals surface area contributed by atoms with Gasteiger partial charge in [0.25, 0.3) is 0 Å². The van der Waals surface area contributed by atoms with E-state index >= 15 is 0 Å². The van der Waals surface area contributed by atoms with Gasteiger partial charge in [-0.1, -0.05) is 59.9 Å². The summed E-state index contributed by atoms with van der Waals surface area (Å²) in [7, 11) is 0. The number of hydrogen-bond acceptors (Lipinski definition) is 4. The third-order valence-electron chi connectivity index (χ3n) is 5.17. The monoisotopic (exact) mass is 395 g/mol. The van der Waals surface area contributed by atoms with Crippen molar-refractivity contribution < 1.29 is 9.32 Å². The molecule has 144 valence electrons. The Hall–Kier alpha value is -2.66. The largest absolute Gasteiger partial charge is 0.344 e. The van der Waals surface area contributed by atoms with Crippen LogP contribution in [0.1, 0.15) is 43.2 Å². The molecule has 1 atom stereocenters. The lowest BCUT2D eigenvalue weighted by atomic mass is 10.0. The SMILES string of the molecule is O=C(NC(Cc1ccccc1)c1nc(-c2ccc(Cl)cc2)no1)C1CCCC1. The van der Waals surface area contributed by atoms with Crippen molar-refractivity contribution in [3.05, 3.63) is 71.1 Å². The number of halogens is 1. The van der Waals surface area contributed by atoms with Crippen molar-refractivity contribution in [2.45, 2.75) is 38.1 Å². The third kappa shape index (κ3) is 4.42.